The first-order chi connectivity index (χ1) is 1.73. The van der Waals surface area contributed by atoms with E-state index in [4.69, 9.17) is 5.21 Å². The van der Waals surface area contributed by atoms with E-state index in [1.807, 2.05) is 0 Å². The Bertz CT molecular complexity index is 16.4. The molecule has 2 nitrogen and oxygen atoms in total. The van der Waals surface area contributed by atoms with Gasteiger partial charge in [-0.05, 0) is 0 Å². The topological polar surface area (TPSA) is 26.3 Å². The largest absolute Gasteiger partial charge is 1.00 e. The van der Waals surface area contributed by atoms with Crippen molar-refractivity contribution in [3.63, 3.8) is 0 Å². The molecule has 0 bridgehead atoms. The standard InChI is InChI=1S/FINO.K/c1-3(2)4;/q-1;+1. The van der Waals surface area contributed by atoms with Crippen LogP contribution < -0.4 is 51.4 Å². The normalized spacial score (nSPS) is 7.20. The number of rotatable bonds is 0. The van der Waals surface area contributed by atoms with Crippen LogP contribution in [0.15, 0.2) is 0 Å². The zero-order chi connectivity index (χ0) is 3.58. The van der Waals surface area contributed by atoms with E-state index in [0.29, 0.717) is 0 Å². The third kappa shape index (κ3) is 22.5. The van der Waals surface area contributed by atoms with Crippen molar-refractivity contribution in [1.82, 2.24) is 3.50 Å². The maximum absolute atomic E-state index is 10.3. The van der Waals surface area contributed by atoms with Crippen LogP contribution in [-0.4, -0.2) is 3.50 Å². The van der Waals surface area contributed by atoms with Gasteiger partial charge in [-0.1, -0.05) is 0 Å². The summed E-state index contributed by atoms with van der Waals surface area (Å²) in [6.45, 7) is 0. The molecule has 0 heterocycles. The molecule has 0 aliphatic carbocycles. The molecule has 0 amide bonds. The van der Waals surface area contributed by atoms with Crippen LogP contribution in [0.3, 0.4) is 0 Å². The molecule has 0 aliphatic heterocycles. The van der Waals surface area contributed by atoms with Gasteiger partial charge >= 0.3 is 51.4 Å². The predicted octanol–water partition coefficient (Wildman–Crippen LogP) is -1.98. The minimum Gasteiger partial charge on any atom is -0.749 e. The zero-order valence-corrected chi connectivity index (χ0v) is 7.89. The van der Waals surface area contributed by atoms with Gasteiger partial charge in [0.05, 0.1) is 0 Å². The SMILES string of the molecule is [K+].[O-]N(F)I. The van der Waals surface area contributed by atoms with Crippen LogP contribution >= 0.6 is 22.9 Å². The average Bonchev–Trinajstić information content (AvgIpc) is 0.811. The Labute approximate surface area is 85.5 Å². The third-order valence-electron chi connectivity index (χ3n) is 0. The molecule has 5 heteroatoms. The molecule has 0 atom stereocenters. The van der Waals surface area contributed by atoms with E-state index in [0.717, 1.165) is 22.9 Å². The van der Waals surface area contributed by atoms with Crippen molar-refractivity contribution < 1.29 is 55.9 Å². The molecular weight excluding hydrogens is 215 g/mol. The fourth-order valence-corrected chi connectivity index (χ4v) is 0. The van der Waals surface area contributed by atoms with Gasteiger partial charge in [0.2, 0.25) is 0 Å². The van der Waals surface area contributed by atoms with E-state index in [-0.39, 0.29) is 51.4 Å². The molecule has 0 rings (SSSR count). The first kappa shape index (κ1) is 10.2. The van der Waals surface area contributed by atoms with Crippen molar-refractivity contribution >= 4 is 22.9 Å². The molecule has 5 heavy (non-hydrogen) atoms. The molecule has 0 fully saturated rings. The summed E-state index contributed by atoms with van der Waals surface area (Å²) in [6.07, 6.45) is 0. The number of halogens is 2. The van der Waals surface area contributed by atoms with Gasteiger partial charge in [0.15, 0.2) is 0 Å². The summed E-state index contributed by atoms with van der Waals surface area (Å²) in [5.41, 5.74) is 0. The number of nitrogens with zero attached hydrogens (tertiary/aromatic N) is 1. The van der Waals surface area contributed by atoms with Crippen LogP contribution in [0.2, 0.25) is 0 Å². The minimum atomic E-state index is -0.780. The fraction of sp³-hybridized carbons (Fsp3) is 0. The van der Waals surface area contributed by atoms with Crippen LogP contribution in [0, 0.1) is 5.21 Å². The van der Waals surface area contributed by atoms with Crippen LogP contribution in [0.25, 0.3) is 0 Å². The molecule has 0 aliphatic rings. The number of hydrogen-bond acceptors (Lipinski definition) is 2. The molecule has 0 spiro atoms. The second-order valence-corrected chi connectivity index (χ2v) is 0.960. The maximum atomic E-state index is 10.3. The van der Waals surface area contributed by atoms with Gasteiger partial charge in [-0.25, -0.2) is 0 Å². The van der Waals surface area contributed by atoms with Crippen LogP contribution in [0.1, 0.15) is 0 Å². The molecule has 0 saturated carbocycles. The van der Waals surface area contributed by atoms with E-state index < -0.39 is 3.50 Å². The van der Waals surface area contributed by atoms with E-state index in [2.05, 4.69) is 0 Å². The minimum absolute atomic E-state index is 0. The summed E-state index contributed by atoms with van der Waals surface area (Å²) < 4.78 is 9.48. The molecular formula is FIKNO. The first-order valence-electron chi connectivity index (χ1n) is 0.521. The zero-order valence-electron chi connectivity index (χ0n) is 2.61. The smallest absolute Gasteiger partial charge is 0.749 e. The first-order valence-corrected chi connectivity index (χ1v) is 1.49. The molecule has 26 valence electrons. The van der Waals surface area contributed by atoms with Crippen LogP contribution in [0.4, 0.5) is 4.48 Å². The van der Waals surface area contributed by atoms with Gasteiger partial charge < -0.3 is 5.21 Å². The molecule has 0 aromatic heterocycles. The van der Waals surface area contributed by atoms with Gasteiger partial charge in [-0.2, -0.15) is 3.50 Å². The summed E-state index contributed by atoms with van der Waals surface area (Å²) in [5.74, 6) is 0. The molecule has 0 N–H and O–H groups in total. The van der Waals surface area contributed by atoms with E-state index in [1.165, 1.54) is 0 Å². The van der Waals surface area contributed by atoms with E-state index in [1.54, 1.807) is 0 Å². The molecule has 0 saturated heterocycles. The van der Waals surface area contributed by atoms with Gasteiger partial charge in [0.25, 0.3) is 0 Å². The van der Waals surface area contributed by atoms with Gasteiger partial charge in [0.1, 0.15) is 0 Å². The molecule has 0 aromatic carbocycles. The van der Waals surface area contributed by atoms with Crippen molar-refractivity contribution in [2.24, 2.45) is 0 Å². The summed E-state index contributed by atoms with van der Waals surface area (Å²) in [6, 6.07) is 0. The van der Waals surface area contributed by atoms with Crippen LogP contribution in [-0.2, 0) is 0 Å². The second-order valence-electron chi connectivity index (χ2n) is 0.202. The summed E-state index contributed by atoms with van der Waals surface area (Å²) in [5, 5.41) is 8.68. The van der Waals surface area contributed by atoms with Crippen molar-refractivity contribution in [3.8, 4) is 0 Å². The molecule has 0 aromatic rings. The van der Waals surface area contributed by atoms with Gasteiger partial charge in [-0.15, -0.1) is 4.48 Å². The quantitative estimate of drug-likeness (QED) is 0.203. The Balaban J connectivity index is 0. The summed E-state index contributed by atoms with van der Waals surface area (Å²) in [4.78, 5) is 0. The van der Waals surface area contributed by atoms with E-state index >= 15 is 0 Å². The summed E-state index contributed by atoms with van der Waals surface area (Å²) >= 11 is 0.954. The second kappa shape index (κ2) is 6.22. The third-order valence-corrected chi connectivity index (χ3v) is 0. The Morgan fingerprint density at radius 3 is 1.80 bits per heavy atom. The maximum Gasteiger partial charge on any atom is 1.00 e. The summed E-state index contributed by atoms with van der Waals surface area (Å²) in [7, 11) is 0. The monoisotopic (exact) mass is 215 g/mol. The fourth-order valence-electron chi connectivity index (χ4n) is 0. The van der Waals surface area contributed by atoms with Crippen molar-refractivity contribution in [2.75, 3.05) is 0 Å². The van der Waals surface area contributed by atoms with Crippen molar-refractivity contribution in [2.45, 2.75) is 0 Å². The number of hydrogen-bond donors (Lipinski definition) is 0. The Morgan fingerprint density at radius 1 is 1.80 bits per heavy atom. The van der Waals surface area contributed by atoms with Crippen LogP contribution in [0.5, 0.6) is 0 Å². The Hall–Kier alpha value is 2.22. The van der Waals surface area contributed by atoms with Crippen molar-refractivity contribution in [1.29, 1.82) is 0 Å². The van der Waals surface area contributed by atoms with E-state index in [9.17, 15) is 4.48 Å². The predicted molar refractivity (Wildman–Crippen MR) is 20.3 cm³/mol. The Morgan fingerprint density at radius 2 is 1.80 bits per heavy atom. The average molecular weight is 215 g/mol. The molecule has 0 radical (unpaired) electrons. The Kier molecular flexibility index (Phi) is 12.7. The van der Waals surface area contributed by atoms with Gasteiger partial charge in [0, 0.05) is 22.9 Å². The molecule has 0 unspecified atom stereocenters. The van der Waals surface area contributed by atoms with Crippen molar-refractivity contribution in [3.05, 3.63) is 5.21 Å². The van der Waals surface area contributed by atoms with Gasteiger partial charge in [-0.3, -0.25) is 0 Å².